The van der Waals surface area contributed by atoms with Gasteiger partial charge in [-0.15, -0.1) is 0 Å². The molecule has 4 N–H and O–H groups in total. The molecule has 31 heavy (non-hydrogen) atoms. The Hall–Kier alpha value is -3.95. The van der Waals surface area contributed by atoms with Crippen molar-refractivity contribution in [1.29, 1.82) is 0 Å². The van der Waals surface area contributed by atoms with Crippen molar-refractivity contribution in [3.8, 4) is 0 Å². The van der Waals surface area contributed by atoms with Crippen LogP contribution in [0.25, 0.3) is 11.0 Å². The van der Waals surface area contributed by atoms with Crippen LogP contribution >= 0.6 is 0 Å². The average molecular weight is 426 g/mol. The predicted molar refractivity (Wildman–Crippen MR) is 111 cm³/mol. The van der Waals surface area contributed by atoms with Gasteiger partial charge in [0.05, 0.1) is 11.7 Å². The van der Waals surface area contributed by atoms with Crippen LogP contribution in [0.15, 0.2) is 41.6 Å². The highest BCUT2D eigenvalue weighted by Gasteiger charge is 2.21. The number of aliphatic carboxylic acids is 2. The third kappa shape index (κ3) is 5.16. The average Bonchev–Trinajstić information content (AvgIpc) is 3.06. The zero-order valence-corrected chi connectivity index (χ0v) is 16.8. The summed E-state index contributed by atoms with van der Waals surface area (Å²) in [5.41, 5.74) is 2.51. The minimum atomic E-state index is -1.29. The van der Waals surface area contributed by atoms with E-state index in [1.807, 2.05) is 13.2 Å². The Bertz CT molecular complexity index is 1180. The Morgan fingerprint density at radius 3 is 2.52 bits per heavy atom. The van der Waals surface area contributed by atoms with Crippen LogP contribution in [0.4, 0.5) is 0 Å². The van der Waals surface area contributed by atoms with E-state index < -0.39 is 23.9 Å². The third-order valence-corrected chi connectivity index (χ3v) is 4.99. The second kappa shape index (κ2) is 9.24. The molecule has 1 atom stereocenters. The molecule has 0 spiro atoms. The van der Waals surface area contributed by atoms with E-state index in [2.05, 4.69) is 15.3 Å². The van der Waals surface area contributed by atoms with E-state index in [-0.39, 0.29) is 24.0 Å². The number of nitrogens with one attached hydrogen (secondary N) is 2. The van der Waals surface area contributed by atoms with Gasteiger partial charge >= 0.3 is 11.9 Å². The Kier molecular flexibility index (Phi) is 6.49. The fourth-order valence-corrected chi connectivity index (χ4v) is 3.36. The highest BCUT2D eigenvalue weighted by molar-refractivity contribution is 5.96. The normalized spacial score (nSPS) is 11.9. The maximum Gasteiger partial charge on any atom is 0.326 e. The van der Waals surface area contributed by atoms with Gasteiger partial charge in [0, 0.05) is 25.2 Å². The van der Waals surface area contributed by atoms with Crippen molar-refractivity contribution in [2.45, 2.75) is 31.7 Å². The van der Waals surface area contributed by atoms with Crippen molar-refractivity contribution in [2.24, 2.45) is 7.05 Å². The molecule has 0 radical (unpaired) electrons. The maximum absolute atomic E-state index is 12.3. The van der Waals surface area contributed by atoms with Crippen LogP contribution in [-0.2, 0) is 29.5 Å². The number of carbonyl (C=O) groups is 3. The number of aromatic amines is 1. The quantitative estimate of drug-likeness (QED) is 0.399. The van der Waals surface area contributed by atoms with Crippen LogP contribution in [0.2, 0.25) is 0 Å². The summed E-state index contributed by atoms with van der Waals surface area (Å²) in [6, 6.07) is 5.41. The van der Waals surface area contributed by atoms with Gasteiger partial charge in [0.2, 0.25) is 0 Å². The molecule has 0 unspecified atom stereocenters. The Morgan fingerprint density at radius 1 is 1.16 bits per heavy atom. The van der Waals surface area contributed by atoms with Crippen LogP contribution in [0.1, 0.15) is 34.3 Å². The summed E-state index contributed by atoms with van der Waals surface area (Å²) < 4.78 is 1.80. The number of hydrogen-bond acceptors (Lipinski definition) is 5. The molecule has 0 aliphatic rings. The van der Waals surface area contributed by atoms with E-state index in [4.69, 9.17) is 10.2 Å². The summed E-state index contributed by atoms with van der Waals surface area (Å²) in [6.45, 7) is 0. The van der Waals surface area contributed by atoms with Gasteiger partial charge < -0.3 is 25.1 Å². The first kappa shape index (κ1) is 21.8. The molecule has 2 aromatic heterocycles. The summed E-state index contributed by atoms with van der Waals surface area (Å²) >= 11 is 0. The van der Waals surface area contributed by atoms with E-state index in [1.165, 1.54) is 6.33 Å². The van der Waals surface area contributed by atoms with Gasteiger partial charge in [0.25, 0.3) is 11.5 Å². The van der Waals surface area contributed by atoms with Crippen molar-refractivity contribution < 1.29 is 24.6 Å². The number of aromatic nitrogens is 3. The molecule has 0 aliphatic heterocycles. The number of carbonyl (C=O) groups excluding carboxylic acids is 1. The number of amides is 1. The van der Waals surface area contributed by atoms with E-state index in [1.54, 1.807) is 28.8 Å². The number of hydrogen-bond donors (Lipinski definition) is 4. The summed E-state index contributed by atoms with van der Waals surface area (Å²) in [4.78, 5) is 53.1. The minimum Gasteiger partial charge on any atom is -0.481 e. The molecular weight excluding hydrogens is 404 g/mol. The summed E-state index contributed by atoms with van der Waals surface area (Å²) in [6.07, 6.45) is 3.92. The second-order valence-electron chi connectivity index (χ2n) is 7.19. The van der Waals surface area contributed by atoms with Crippen molar-refractivity contribution in [3.05, 3.63) is 63.8 Å². The van der Waals surface area contributed by atoms with Crippen LogP contribution < -0.4 is 10.9 Å². The molecule has 0 saturated heterocycles. The first-order valence-electron chi connectivity index (χ1n) is 9.62. The molecule has 1 amide bonds. The third-order valence-electron chi connectivity index (χ3n) is 4.99. The van der Waals surface area contributed by atoms with Gasteiger partial charge in [-0.1, -0.05) is 12.1 Å². The van der Waals surface area contributed by atoms with Gasteiger partial charge in [-0.05, 0) is 42.5 Å². The monoisotopic (exact) mass is 426 g/mol. The molecule has 162 valence electrons. The highest BCUT2D eigenvalue weighted by Crippen LogP contribution is 2.17. The Labute approximate surface area is 176 Å². The Morgan fingerprint density at radius 2 is 1.87 bits per heavy atom. The van der Waals surface area contributed by atoms with E-state index >= 15 is 0 Å². The van der Waals surface area contributed by atoms with Gasteiger partial charge in [-0.3, -0.25) is 14.4 Å². The second-order valence-corrected chi connectivity index (χ2v) is 7.19. The summed E-state index contributed by atoms with van der Waals surface area (Å²) in [7, 11) is 1.83. The number of nitrogens with zero attached hydrogens (tertiary/aromatic N) is 2. The number of H-pyrrole nitrogens is 1. The summed E-state index contributed by atoms with van der Waals surface area (Å²) in [5.74, 6) is -3.00. The molecular formula is C21H22N4O6. The maximum atomic E-state index is 12.3. The highest BCUT2D eigenvalue weighted by atomic mass is 16.4. The standard InChI is InChI=1S/C21H22N4O6/c1-25-10-14(17-18(25)22-11-23-20(17)29)7-4-12-2-5-13(6-3-12)19(28)24-15(21(30)31)8-9-16(26)27/h2-3,5-6,10-11,15H,4,7-9H2,1H3,(H,24,28)(H,26,27)(H,30,31)(H,22,23,29)/t15-/m0/s1. The molecule has 0 saturated carbocycles. The zero-order valence-electron chi connectivity index (χ0n) is 16.8. The smallest absolute Gasteiger partial charge is 0.326 e. The fourth-order valence-electron chi connectivity index (χ4n) is 3.36. The van der Waals surface area contributed by atoms with E-state index in [9.17, 15) is 19.2 Å². The fraction of sp³-hybridized carbons (Fsp3) is 0.286. The topological polar surface area (TPSA) is 154 Å². The number of aryl methyl sites for hydroxylation is 3. The molecule has 2 heterocycles. The number of carboxylic acids is 2. The number of fused-ring (bicyclic) bond motifs is 1. The number of rotatable bonds is 9. The molecule has 3 rings (SSSR count). The van der Waals surface area contributed by atoms with Crippen molar-refractivity contribution in [2.75, 3.05) is 0 Å². The molecule has 3 aromatic rings. The zero-order chi connectivity index (χ0) is 22.5. The molecule has 0 bridgehead atoms. The summed E-state index contributed by atoms with van der Waals surface area (Å²) in [5, 5.41) is 20.8. The van der Waals surface area contributed by atoms with Crippen LogP contribution in [0.5, 0.6) is 0 Å². The molecule has 10 nitrogen and oxygen atoms in total. The van der Waals surface area contributed by atoms with Crippen molar-refractivity contribution in [1.82, 2.24) is 19.9 Å². The molecule has 10 heteroatoms. The lowest BCUT2D eigenvalue weighted by atomic mass is 10.0. The van der Waals surface area contributed by atoms with Crippen LogP contribution in [0, 0.1) is 0 Å². The first-order chi connectivity index (χ1) is 14.8. The Balaban J connectivity index is 1.65. The van der Waals surface area contributed by atoms with Gasteiger partial charge in [0.15, 0.2) is 0 Å². The number of carboxylic acid groups (broad SMARTS) is 2. The van der Waals surface area contributed by atoms with Crippen LogP contribution in [0.3, 0.4) is 0 Å². The van der Waals surface area contributed by atoms with Gasteiger partial charge in [-0.2, -0.15) is 0 Å². The SMILES string of the molecule is Cn1cc(CCc2ccc(C(=O)N[C@@H](CCC(=O)O)C(=O)O)cc2)c2c(=O)[nH]cnc21. The van der Waals surface area contributed by atoms with Gasteiger partial charge in [0.1, 0.15) is 11.7 Å². The minimum absolute atomic E-state index is 0.191. The first-order valence-corrected chi connectivity index (χ1v) is 9.62. The van der Waals surface area contributed by atoms with Gasteiger partial charge in [-0.25, -0.2) is 9.78 Å². The molecule has 1 aromatic carbocycles. The lowest BCUT2D eigenvalue weighted by Gasteiger charge is -2.13. The van der Waals surface area contributed by atoms with Crippen LogP contribution in [-0.4, -0.2) is 48.6 Å². The predicted octanol–water partition coefficient (Wildman–Crippen LogP) is 1.09. The molecule has 0 aliphatic carbocycles. The number of benzene rings is 1. The lowest BCUT2D eigenvalue weighted by Crippen LogP contribution is -2.41. The van der Waals surface area contributed by atoms with E-state index in [0.29, 0.717) is 23.9 Å². The molecule has 0 fully saturated rings. The lowest BCUT2D eigenvalue weighted by molar-refractivity contribution is -0.140. The van der Waals surface area contributed by atoms with Crippen molar-refractivity contribution in [3.63, 3.8) is 0 Å². The largest absolute Gasteiger partial charge is 0.481 e. The van der Waals surface area contributed by atoms with E-state index in [0.717, 1.165) is 11.1 Å². The van der Waals surface area contributed by atoms with Crippen molar-refractivity contribution >= 4 is 28.9 Å².